The first-order chi connectivity index (χ1) is 25.3. The highest BCUT2D eigenvalue weighted by Crippen LogP contribution is 2.53. The number of carbonyl (C=O) groups is 2. The Labute approximate surface area is 313 Å². The Balaban J connectivity index is 1.45. The molecule has 6 rings (SSSR count). The summed E-state index contributed by atoms with van der Waals surface area (Å²) in [5.41, 5.74) is 8.39. The first kappa shape index (κ1) is 37.3. The number of carboxylic acids is 2. The van der Waals surface area contributed by atoms with Crippen molar-refractivity contribution in [1.29, 1.82) is 0 Å². The number of carboxylic acid groups (broad SMARTS) is 2. The highest BCUT2D eigenvalue weighted by Gasteiger charge is 2.48. The Morgan fingerprint density at radius 2 is 1.28 bits per heavy atom. The van der Waals surface area contributed by atoms with Gasteiger partial charge >= 0.3 is 11.9 Å². The van der Waals surface area contributed by atoms with Gasteiger partial charge in [0.25, 0.3) is 0 Å². The molecule has 2 aliphatic rings. The lowest BCUT2D eigenvalue weighted by molar-refractivity contribution is -0.436. The predicted molar refractivity (Wildman–Crippen MR) is 219 cm³/mol. The average Bonchev–Trinajstić information content (AvgIpc) is 3.52. The fourth-order valence-corrected chi connectivity index (χ4v) is 8.27. The van der Waals surface area contributed by atoms with Gasteiger partial charge in [0.05, 0.1) is 11.8 Å². The predicted octanol–water partition coefficient (Wildman–Crippen LogP) is 10.8. The summed E-state index contributed by atoms with van der Waals surface area (Å²) in [6.45, 7) is 13.8. The summed E-state index contributed by atoms with van der Waals surface area (Å²) in [5, 5.41) is 24.2. The number of nitrogens with zero attached hydrogens (tertiary/aromatic N) is 2. The first-order valence-electron chi connectivity index (χ1n) is 18.6. The van der Waals surface area contributed by atoms with Crippen LogP contribution in [0.4, 0.5) is 11.4 Å². The van der Waals surface area contributed by atoms with Gasteiger partial charge in [-0.2, -0.15) is 4.58 Å². The van der Waals surface area contributed by atoms with E-state index in [9.17, 15) is 19.8 Å². The quantitative estimate of drug-likeness (QED) is 0.0821. The molecule has 4 aromatic carbocycles. The van der Waals surface area contributed by atoms with E-state index in [1.54, 1.807) is 0 Å². The van der Waals surface area contributed by atoms with Crippen molar-refractivity contribution in [3.05, 3.63) is 143 Å². The molecule has 2 heterocycles. The molecule has 4 aromatic rings. The van der Waals surface area contributed by atoms with Gasteiger partial charge in [-0.3, -0.25) is 9.59 Å². The lowest BCUT2D eigenvalue weighted by Crippen LogP contribution is -2.31. The summed E-state index contributed by atoms with van der Waals surface area (Å²) in [7, 11) is 0. The van der Waals surface area contributed by atoms with Gasteiger partial charge in [-0.1, -0.05) is 96.1 Å². The summed E-state index contributed by atoms with van der Waals surface area (Å²) < 4.78 is 2.19. The molecule has 2 N–H and O–H groups in total. The maximum Gasteiger partial charge on any atom is 0.309 e. The van der Waals surface area contributed by atoms with E-state index in [-0.39, 0.29) is 23.7 Å². The number of benzene rings is 4. The Hall–Kier alpha value is -5.49. The fraction of sp³-hybridized carbons (Fsp3) is 0.298. The summed E-state index contributed by atoms with van der Waals surface area (Å²) in [4.78, 5) is 25.9. The molecule has 0 saturated carbocycles. The monoisotopic (exact) mass is 707 g/mol. The van der Waals surface area contributed by atoms with E-state index in [0.717, 1.165) is 35.6 Å². The minimum Gasteiger partial charge on any atom is -0.481 e. The molecule has 53 heavy (non-hydrogen) atoms. The second-order valence-corrected chi connectivity index (χ2v) is 15.3. The Kier molecular flexibility index (Phi) is 10.7. The molecule has 0 amide bonds. The molecule has 0 aromatic heterocycles. The fourth-order valence-electron chi connectivity index (χ4n) is 8.27. The highest BCUT2D eigenvalue weighted by molar-refractivity contribution is 6.08. The van der Waals surface area contributed by atoms with Crippen molar-refractivity contribution in [2.75, 3.05) is 18.0 Å². The maximum absolute atomic E-state index is 11.9. The van der Waals surface area contributed by atoms with Gasteiger partial charge in [-0.05, 0) is 99.7 Å². The Bertz CT molecular complexity index is 2280. The number of fused-ring (bicyclic) bond motifs is 6. The third-order valence-corrected chi connectivity index (χ3v) is 10.9. The summed E-state index contributed by atoms with van der Waals surface area (Å²) >= 11 is 0. The maximum atomic E-state index is 11.9. The molecule has 6 nitrogen and oxygen atoms in total. The molecular weight excluding hydrogens is 657 g/mol. The molecule has 6 heteroatoms. The van der Waals surface area contributed by atoms with E-state index in [1.807, 2.05) is 6.08 Å². The van der Waals surface area contributed by atoms with Crippen LogP contribution in [0.15, 0.2) is 132 Å². The van der Waals surface area contributed by atoms with Crippen LogP contribution in [0.3, 0.4) is 0 Å². The van der Waals surface area contributed by atoms with E-state index in [2.05, 4.69) is 160 Å². The van der Waals surface area contributed by atoms with E-state index in [4.69, 9.17) is 0 Å². The smallest absolute Gasteiger partial charge is 0.309 e. The molecule has 0 aliphatic carbocycles. The van der Waals surface area contributed by atoms with Crippen LogP contribution in [0, 0.1) is 0 Å². The number of anilines is 1. The number of allylic oxidation sites excluding steroid dienone is 10. The zero-order valence-corrected chi connectivity index (χ0v) is 31.8. The van der Waals surface area contributed by atoms with Crippen LogP contribution in [0.1, 0.15) is 78.4 Å². The van der Waals surface area contributed by atoms with E-state index < -0.39 is 11.9 Å². The van der Waals surface area contributed by atoms with Gasteiger partial charge in [0.2, 0.25) is 5.69 Å². The number of rotatable bonds is 13. The molecule has 0 spiro atoms. The molecule has 0 fully saturated rings. The van der Waals surface area contributed by atoms with E-state index >= 15 is 0 Å². The normalized spacial score (nSPS) is 20.2. The topological polar surface area (TPSA) is 80.9 Å². The first-order valence-corrected chi connectivity index (χ1v) is 18.6. The third kappa shape index (κ3) is 7.28. The highest BCUT2D eigenvalue weighted by atomic mass is 16.4. The number of aliphatic carboxylic acids is 2. The van der Waals surface area contributed by atoms with E-state index in [0.29, 0.717) is 13.1 Å². The minimum absolute atomic E-state index is 0.0238. The van der Waals surface area contributed by atoms with Gasteiger partial charge in [0, 0.05) is 41.1 Å². The van der Waals surface area contributed by atoms with Gasteiger partial charge in [0.15, 0.2) is 12.3 Å². The van der Waals surface area contributed by atoms with Crippen molar-refractivity contribution in [1.82, 2.24) is 0 Å². The molecule has 0 radical (unpaired) electrons. The summed E-state index contributed by atoms with van der Waals surface area (Å²) in [6, 6.07) is 25.4. The molecular formula is C47H51N2O4+. The standard InChI is InChI=1S/C47H50N2O4/c1-32(2)24-28-46(5)40(48(30-26-42(50)51)38-22-20-34-14-10-12-16-36(34)44(38)46)18-8-7-9-19-41-47(6,29-25-33(3)4)45-37-17-13-11-15-35(37)21-23-39(45)49(41)31-27-43(52)53/h7-25H,26-31H2,1-6H3,(H-,50,51,52,53)/p+1. The zero-order valence-electron chi connectivity index (χ0n) is 31.8. The third-order valence-electron chi connectivity index (χ3n) is 10.9. The van der Waals surface area contributed by atoms with Crippen molar-refractivity contribution in [3.63, 3.8) is 0 Å². The number of hydrogen-bond acceptors (Lipinski definition) is 3. The van der Waals surface area contributed by atoms with Crippen LogP contribution in [0.2, 0.25) is 0 Å². The lowest BCUT2D eigenvalue weighted by atomic mass is 9.74. The van der Waals surface area contributed by atoms with Crippen molar-refractivity contribution >= 4 is 50.6 Å². The van der Waals surface area contributed by atoms with Crippen molar-refractivity contribution < 1.29 is 24.4 Å². The van der Waals surface area contributed by atoms with Crippen LogP contribution in [0.5, 0.6) is 0 Å². The van der Waals surface area contributed by atoms with Gasteiger partial charge in [-0.15, -0.1) is 0 Å². The van der Waals surface area contributed by atoms with Crippen LogP contribution < -0.4 is 4.90 Å². The van der Waals surface area contributed by atoms with Gasteiger partial charge < -0.3 is 15.1 Å². The largest absolute Gasteiger partial charge is 0.481 e. The summed E-state index contributed by atoms with van der Waals surface area (Å²) in [5.74, 6) is -1.65. The van der Waals surface area contributed by atoms with Crippen LogP contribution in [0.25, 0.3) is 21.5 Å². The lowest BCUT2D eigenvalue weighted by Gasteiger charge is -2.30. The molecule has 2 unspecified atom stereocenters. The molecule has 2 atom stereocenters. The van der Waals surface area contributed by atoms with Crippen LogP contribution in [-0.2, 0) is 20.4 Å². The minimum atomic E-state index is -0.825. The molecule has 0 saturated heterocycles. The molecule has 272 valence electrons. The van der Waals surface area contributed by atoms with Crippen LogP contribution >= 0.6 is 0 Å². The zero-order chi connectivity index (χ0) is 37.9. The van der Waals surface area contributed by atoms with Gasteiger partial charge in [-0.25, -0.2) is 0 Å². The second-order valence-electron chi connectivity index (χ2n) is 15.3. The van der Waals surface area contributed by atoms with Crippen molar-refractivity contribution in [2.45, 2.75) is 78.1 Å². The SMILES string of the molecule is CC(C)=CCC1(C)C(/C=C/C=C/C=C2/N(CCC(=O)O)c3ccc4ccccc4c3C2(C)CC=C(C)C)=[N+](CCC(=O)O)c2ccc3ccccc3c21. The number of hydrogen-bond donors (Lipinski definition) is 2. The van der Waals surface area contributed by atoms with Crippen LogP contribution in [-0.4, -0.2) is 45.5 Å². The average molecular weight is 708 g/mol. The molecule has 2 aliphatic heterocycles. The van der Waals surface area contributed by atoms with Gasteiger partial charge in [0.1, 0.15) is 6.42 Å². The van der Waals surface area contributed by atoms with Crippen molar-refractivity contribution in [2.24, 2.45) is 0 Å². The molecule has 0 bridgehead atoms. The van der Waals surface area contributed by atoms with E-state index in [1.165, 1.54) is 43.8 Å². The van der Waals surface area contributed by atoms with Crippen molar-refractivity contribution in [3.8, 4) is 0 Å². The Morgan fingerprint density at radius 3 is 1.91 bits per heavy atom. The Morgan fingerprint density at radius 1 is 0.698 bits per heavy atom. The second kappa shape index (κ2) is 15.2. The summed E-state index contributed by atoms with van der Waals surface area (Å²) in [6.07, 6.45) is 16.6.